The average Bonchev–Trinajstić information content (AvgIpc) is 3.61. The van der Waals surface area contributed by atoms with Gasteiger partial charge in [0.05, 0.1) is 22.1 Å². The molecule has 0 saturated carbocycles. The van der Waals surface area contributed by atoms with Crippen molar-refractivity contribution >= 4 is 32.7 Å². The lowest BCUT2D eigenvalue weighted by molar-refractivity contribution is 0.475. The van der Waals surface area contributed by atoms with E-state index in [9.17, 15) is 5.11 Å². The predicted molar refractivity (Wildman–Crippen MR) is 258 cm³/mol. The molecule has 304 valence electrons. The third kappa shape index (κ3) is 7.29. The van der Waals surface area contributed by atoms with E-state index in [0.29, 0.717) is 11.4 Å². The highest BCUT2D eigenvalue weighted by Gasteiger charge is 2.25. The summed E-state index contributed by atoms with van der Waals surface area (Å²) in [6, 6.07) is 50.1. The normalized spacial score (nSPS) is 12.5. The number of imidazole rings is 1. The molecule has 0 radical (unpaired) electrons. The second kappa shape index (κ2) is 14.6. The van der Waals surface area contributed by atoms with Crippen molar-refractivity contribution in [1.82, 2.24) is 14.5 Å². The first-order valence-corrected chi connectivity index (χ1v) is 21.5. The van der Waals surface area contributed by atoms with E-state index in [1.165, 1.54) is 32.8 Å². The Hall–Kier alpha value is -6.52. The molecule has 0 bridgehead atoms. The number of aromatic nitrogens is 3. The first kappa shape index (κ1) is 39.9. The zero-order valence-electron chi connectivity index (χ0n) is 37.1. The van der Waals surface area contributed by atoms with Crippen molar-refractivity contribution < 1.29 is 5.11 Å². The molecule has 0 spiro atoms. The summed E-state index contributed by atoms with van der Waals surface area (Å²) in [5.41, 5.74) is 15.7. The molecule has 2 heterocycles. The van der Waals surface area contributed by atoms with Crippen molar-refractivity contribution in [2.75, 3.05) is 0 Å². The molecule has 0 aliphatic carbocycles. The number of aryl methyl sites for hydroxylation is 1. The maximum absolute atomic E-state index is 11.7. The van der Waals surface area contributed by atoms with Crippen LogP contribution in [-0.4, -0.2) is 19.6 Å². The van der Waals surface area contributed by atoms with Crippen LogP contribution in [0.15, 0.2) is 146 Å². The number of pyridine rings is 1. The molecule has 0 unspecified atom stereocenters. The largest absolute Gasteiger partial charge is 0.507 e. The molecule has 0 fully saturated rings. The fraction of sp³-hybridized carbons (Fsp3) is 0.228. The van der Waals surface area contributed by atoms with Crippen LogP contribution in [0.4, 0.5) is 0 Å². The fourth-order valence-corrected chi connectivity index (χ4v) is 8.89. The van der Waals surface area contributed by atoms with Crippen LogP contribution in [0.3, 0.4) is 0 Å². The minimum absolute atomic E-state index is 0.0101. The Morgan fingerprint density at radius 3 is 1.85 bits per heavy atom. The average molecular weight is 798 g/mol. The van der Waals surface area contributed by atoms with Crippen LogP contribution >= 0.6 is 0 Å². The highest BCUT2D eigenvalue weighted by molar-refractivity contribution is 6.04. The Labute approximate surface area is 360 Å². The number of rotatable bonds is 5. The summed E-state index contributed by atoms with van der Waals surface area (Å²) >= 11 is 0. The summed E-state index contributed by atoms with van der Waals surface area (Å²) in [5, 5.41) is 15.3. The number of phenolic OH excluding ortho intramolecular Hbond substituents is 1. The molecule has 2 aromatic heterocycles. The molecular weight excluding hydrogens is 743 g/mol. The Morgan fingerprint density at radius 1 is 0.492 bits per heavy atom. The van der Waals surface area contributed by atoms with Crippen molar-refractivity contribution in [3.63, 3.8) is 0 Å². The van der Waals surface area contributed by atoms with Gasteiger partial charge in [0, 0.05) is 28.4 Å². The molecule has 1 N–H and O–H groups in total. The summed E-state index contributed by atoms with van der Waals surface area (Å²) in [6.45, 7) is 22.3. The van der Waals surface area contributed by atoms with Gasteiger partial charge in [-0.3, -0.25) is 9.55 Å². The number of hydrogen-bond donors (Lipinski definition) is 1. The van der Waals surface area contributed by atoms with Gasteiger partial charge in [-0.05, 0) is 139 Å². The van der Waals surface area contributed by atoms with Crippen molar-refractivity contribution in [3.05, 3.63) is 168 Å². The van der Waals surface area contributed by atoms with Gasteiger partial charge in [-0.25, -0.2) is 4.98 Å². The molecule has 4 heteroatoms. The Bertz CT molecular complexity index is 3140. The minimum Gasteiger partial charge on any atom is -0.507 e. The van der Waals surface area contributed by atoms with Crippen LogP contribution in [0.25, 0.3) is 83.2 Å². The smallest absolute Gasteiger partial charge is 0.149 e. The van der Waals surface area contributed by atoms with Gasteiger partial charge in [0.2, 0.25) is 0 Å². The number of phenols is 1. The third-order valence-corrected chi connectivity index (χ3v) is 12.2. The molecule has 0 amide bonds. The first-order valence-electron chi connectivity index (χ1n) is 21.5. The van der Waals surface area contributed by atoms with Crippen molar-refractivity contribution in [2.45, 2.75) is 85.5 Å². The van der Waals surface area contributed by atoms with E-state index >= 15 is 0 Å². The highest BCUT2D eigenvalue weighted by atomic mass is 16.3. The second-order valence-corrected chi connectivity index (χ2v) is 19.9. The van der Waals surface area contributed by atoms with Crippen LogP contribution < -0.4 is 0 Å². The summed E-state index contributed by atoms with van der Waals surface area (Å²) in [6.07, 6.45) is 1.95. The van der Waals surface area contributed by atoms with E-state index in [-0.39, 0.29) is 22.0 Å². The van der Waals surface area contributed by atoms with Crippen LogP contribution in [0, 0.1) is 6.92 Å². The van der Waals surface area contributed by atoms with Crippen LogP contribution in [0.2, 0.25) is 0 Å². The zero-order valence-corrected chi connectivity index (χ0v) is 37.1. The lowest BCUT2D eigenvalue weighted by Crippen LogP contribution is -2.12. The van der Waals surface area contributed by atoms with Gasteiger partial charge in [-0.1, -0.05) is 141 Å². The molecule has 61 heavy (non-hydrogen) atoms. The van der Waals surface area contributed by atoms with Gasteiger partial charge in [0.25, 0.3) is 0 Å². The van der Waals surface area contributed by atoms with Crippen LogP contribution in [0.5, 0.6) is 5.75 Å². The molecule has 4 nitrogen and oxygen atoms in total. The number of hydrogen-bond acceptors (Lipinski definition) is 3. The maximum atomic E-state index is 11.7. The van der Waals surface area contributed by atoms with E-state index < -0.39 is 0 Å². The molecule has 0 aliphatic rings. The zero-order chi connectivity index (χ0) is 43.0. The highest BCUT2D eigenvalue weighted by Crippen LogP contribution is 2.44. The standard InChI is InChI=1S/C57H55N3O/c1-35-29-45(52-47(30-35)49(27-28-58-52)57(8,9)10)37-17-13-18-38(31-37)46-32-39(44-20-14-16-36-15-11-12-19-43(36)44)33-50-53(46)59-54(48-34-41(56(5,6)7)23-26-51(48)61)60(50)42-24-21-40(22-25-42)55(2,3)4/h11-34,61H,1-10H3. The molecular formula is C57H55N3O. The topological polar surface area (TPSA) is 50.9 Å². The van der Waals surface area contributed by atoms with Gasteiger partial charge < -0.3 is 5.11 Å². The quantitative estimate of drug-likeness (QED) is 0.189. The maximum Gasteiger partial charge on any atom is 0.149 e. The van der Waals surface area contributed by atoms with E-state index in [1.807, 2.05) is 18.3 Å². The van der Waals surface area contributed by atoms with Gasteiger partial charge in [-0.15, -0.1) is 0 Å². The Morgan fingerprint density at radius 2 is 1.15 bits per heavy atom. The summed E-state index contributed by atoms with van der Waals surface area (Å²) in [7, 11) is 0. The van der Waals surface area contributed by atoms with Crippen LogP contribution in [-0.2, 0) is 16.2 Å². The van der Waals surface area contributed by atoms with E-state index in [0.717, 1.165) is 61.2 Å². The molecule has 0 atom stereocenters. The van der Waals surface area contributed by atoms with Crippen molar-refractivity contribution in [2.24, 2.45) is 0 Å². The van der Waals surface area contributed by atoms with E-state index in [1.54, 1.807) is 0 Å². The fourth-order valence-electron chi connectivity index (χ4n) is 8.89. The van der Waals surface area contributed by atoms with Gasteiger partial charge in [0.15, 0.2) is 0 Å². The molecule has 0 aliphatic heterocycles. The summed E-state index contributed by atoms with van der Waals surface area (Å²) in [5.74, 6) is 0.889. The van der Waals surface area contributed by atoms with E-state index in [2.05, 4.69) is 201 Å². The Kier molecular flexibility index (Phi) is 9.55. The first-order chi connectivity index (χ1) is 29.0. The number of aromatic hydroxyl groups is 1. The third-order valence-electron chi connectivity index (χ3n) is 12.2. The lowest BCUT2D eigenvalue weighted by atomic mass is 9.83. The molecule has 9 rings (SSSR count). The van der Waals surface area contributed by atoms with Crippen molar-refractivity contribution in [3.8, 4) is 56.2 Å². The molecule has 7 aromatic carbocycles. The second-order valence-electron chi connectivity index (χ2n) is 19.9. The Balaban J connectivity index is 1.37. The minimum atomic E-state index is -0.136. The van der Waals surface area contributed by atoms with E-state index in [4.69, 9.17) is 9.97 Å². The monoisotopic (exact) mass is 797 g/mol. The SMILES string of the molecule is Cc1cc(-c2cccc(-c3cc(-c4cccc5ccccc45)cc4c3nc(-c3cc(C(C)(C)C)ccc3O)n4-c3ccc(C(C)(C)C)cc3)c2)c2nccc(C(C)(C)C)c2c1. The summed E-state index contributed by atoms with van der Waals surface area (Å²) < 4.78 is 2.25. The number of nitrogens with zero attached hydrogens (tertiary/aromatic N) is 3. The lowest BCUT2D eigenvalue weighted by Gasteiger charge is -2.22. The number of fused-ring (bicyclic) bond motifs is 3. The van der Waals surface area contributed by atoms with Crippen LogP contribution in [0.1, 0.15) is 84.6 Å². The van der Waals surface area contributed by atoms with Gasteiger partial charge in [0.1, 0.15) is 11.6 Å². The van der Waals surface area contributed by atoms with Gasteiger partial charge >= 0.3 is 0 Å². The summed E-state index contributed by atoms with van der Waals surface area (Å²) in [4.78, 5) is 10.6. The predicted octanol–water partition coefficient (Wildman–Crippen LogP) is 15.3. The molecule has 0 saturated heterocycles. The van der Waals surface area contributed by atoms with Crippen molar-refractivity contribution in [1.29, 1.82) is 0 Å². The van der Waals surface area contributed by atoms with Gasteiger partial charge in [-0.2, -0.15) is 0 Å². The number of benzene rings is 7. The molecule has 9 aromatic rings.